The van der Waals surface area contributed by atoms with E-state index in [2.05, 4.69) is 19.2 Å². The van der Waals surface area contributed by atoms with Gasteiger partial charge in [0.25, 0.3) is 0 Å². The van der Waals surface area contributed by atoms with E-state index >= 15 is 0 Å². The van der Waals surface area contributed by atoms with Gasteiger partial charge in [-0.1, -0.05) is 13.8 Å². The Kier molecular flexibility index (Phi) is 9.92. The molecule has 0 aromatic rings. The lowest BCUT2D eigenvalue weighted by Gasteiger charge is -2.14. The van der Waals surface area contributed by atoms with Crippen LogP contribution in [0.25, 0.3) is 0 Å². The quantitative estimate of drug-likeness (QED) is 0.553. The van der Waals surface area contributed by atoms with Crippen LogP contribution in [0.15, 0.2) is 0 Å². The third kappa shape index (κ3) is 11.9. The van der Waals surface area contributed by atoms with Crippen molar-refractivity contribution in [3.8, 4) is 0 Å². The van der Waals surface area contributed by atoms with E-state index in [4.69, 9.17) is 9.47 Å². The maximum absolute atomic E-state index is 9.54. The fraction of sp³-hybridized carbons (Fsp3) is 1.00. The lowest BCUT2D eigenvalue weighted by Crippen LogP contribution is -2.33. The van der Waals surface area contributed by atoms with Gasteiger partial charge in [0.2, 0.25) is 0 Å². The summed E-state index contributed by atoms with van der Waals surface area (Å²) in [5.41, 5.74) is 0. The van der Waals surface area contributed by atoms with Crippen molar-refractivity contribution in [2.24, 2.45) is 5.92 Å². The summed E-state index contributed by atoms with van der Waals surface area (Å²) in [5, 5.41) is 12.7. The Morgan fingerprint density at radius 3 is 2.38 bits per heavy atom. The van der Waals surface area contributed by atoms with E-state index in [1.165, 1.54) is 0 Å². The highest BCUT2D eigenvalue weighted by Crippen LogP contribution is 1.93. The first-order chi connectivity index (χ1) is 7.52. The molecule has 4 nitrogen and oxygen atoms in total. The topological polar surface area (TPSA) is 50.7 Å². The summed E-state index contributed by atoms with van der Waals surface area (Å²) < 4.78 is 10.7. The first-order valence-electron chi connectivity index (χ1n) is 6.10. The maximum Gasteiger partial charge on any atom is 0.0897 e. The summed E-state index contributed by atoms with van der Waals surface area (Å²) in [5.74, 6) is 0.514. The molecule has 0 aliphatic rings. The molecule has 0 fully saturated rings. The number of nitrogens with one attached hydrogen (secondary N) is 1. The largest absolute Gasteiger partial charge is 0.389 e. The van der Waals surface area contributed by atoms with E-state index in [9.17, 15) is 5.11 Å². The van der Waals surface area contributed by atoms with Crippen molar-refractivity contribution in [1.82, 2.24) is 5.32 Å². The van der Waals surface area contributed by atoms with Crippen LogP contribution in [0.5, 0.6) is 0 Å². The molecule has 0 bridgehead atoms. The third-order valence-electron chi connectivity index (χ3n) is 1.87. The van der Waals surface area contributed by atoms with Gasteiger partial charge < -0.3 is 19.9 Å². The number of ether oxygens (including phenoxy) is 2. The zero-order chi connectivity index (χ0) is 12.4. The molecule has 0 rings (SSSR count). The number of aliphatic hydroxyl groups excluding tert-OH is 1. The molecule has 0 saturated carbocycles. The Labute approximate surface area is 99.3 Å². The minimum Gasteiger partial charge on any atom is -0.389 e. The van der Waals surface area contributed by atoms with Gasteiger partial charge in [0, 0.05) is 19.7 Å². The standard InChI is InChI=1S/C12H27NO3/c1-10(2)8-15-9-12(14)7-13-5-6-16-11(3)4/h10-14H,5-9H2,1-4H3. The lowest BCUT2D eigenvalue weighted by atomic mass is 10.2. The molecule has 98 valence electrons. The Bertz CT molecular complexity index is 151. The van der Waals surface area contributed by atoms with E-state index in [0.717, 1.165) is 6.54 Å². The van der Waals surface area contributed by atoms with E-state index in [-0.39, 0.29) is 6.10 Å². The fourth-order valence-corrected chi connectivity index (χ4v) is 1.13. The van der Waals surface area contributed by atoms with Crippen LogP contribution >= 0.6 is 0 Å². The average molecular weight is 233 g/mol. The fourth-order valence-electron chi connectivity index (χ4n) is 1.13. The number of rotatable bonds is 10. The van der Waals surface area contributed by atoms with Crippen molar-refractivity contribution in [1.29, 1.82) is 0 Å². The SMILES string of the molecule is CC(C)COCC(O)CNCCOC(C)C. The number of aliphatic hydroxyl groups is 1. The van der Waals surface area contributed by atoms with E-state index in [1.54, 1.807) is 0 Å². The van der Waals surface area contributed by atoms with Gasteiger partial charge >= 0.3 is 0 Å². The highest BCUT2D eigenvalue weighted by molar-refractivity contribution is 4.58. The Hall–Kier alpha value is -0.160. The molecule has 0 radical (unpaired) electrons. The van der Waals surface area contributed by atoms with E-state index < -0.39 is 6.10 Å². The van der Waals surface area contributed by atoms with Crippen molar-refractivity contribution in [3.63, 3.8) is 0 Å². The molecule has 4 heteroatoms. The summed E-state index contributed by atoms with van der Waals surface area (Å²) in [7, 11) is 0. The summed E-state index contributed by atoms with van der Waals surface area (Å²) >= 11 is 0. The van der Waals surface area contributed by atoms with Gasteiger partial charge in [-0.25, -0.2) is 0 Å². The molecular formula is C12H27NO3. The zero-order valence-corrected chi connectivity index (χ0v) is 11.0. The van der Waals surface area contributed by atoms with Crippen LogP contribution in [0, 0.1) is 5.92 Å². The van der Waals surface area contributed by atoms with Gasteiger partial charge in [0.05, 0.1) is 25.4 Å². The van der Waals surface area contributed by atoms with Crippen LogP contribution in [0.1, 0.15) is 27.7 Å². The van der Waals surface area contributed by atoms with Crippen molar-refractivity contribution in [3.05, 3.63) is 0 Å². The predicted octanol–water partition coefficient (Wildman–Crippen LogP) is 1.03. The second-order valence-corrected chi connectivity index (χ2v) is 4.71. The molecule has 0 heterocycles. The minimum atomic E-state index is -0.433. The zero-order valence-electron chi connectivity index (χ0n) is 11.0. The highest BCUT2D eigenvalue weighted by atomic mass is 16.5. The van der Waals surface area contributed by atoms with Crippen molar-refractivity contribution < 1.29 is 14.6 Å². The molecule has 1 atom stereocenters. The number of hydrogen-bond acceptors (Lipinski definition) is 4. The van der Waals surface area contributed by atoms with Crippen LogP contribution in [0.3, 0.4) is 0 Å². The molecule has 0 aliphatic heterocycles. The van der Waals surface area contributed by atoms with Gasteiger partial charge in [0.1, 0.15) is 0 Å². The smallest absolute Gasteiger partial charge is 0.0897 e. The highest BCUT2D eigenvalue weighted by Gasteiger charge is 2.04. The Morgan fingerprint density at radius 2 is 1.81 bits per heavy atom. The van der Waals surface area contributed by atoms with Crippen LogP contribution in [-0.2, 0) is 9.47 Å². The van der Waals surface area contributed by atoms with Crippen molar-refractivity contribution in [2.75, 3.05) is 32.9 Å². The average Bonchev–Trinajstić information content (AvgIpc) is 2.16. The number of hydrogen-bond donors (Lipinski definition) is 2. The molecule has 0 saturated heterocycles. The van der Waals surface area contributed by atoms with Crippen LogP contribution in [-0.4, -0.2) is 50.2 Å². The summed E-state index contributed by atoms with van der Waals surface area (Å²) in [6.45, 7) is 11.3. The Balaban J connectivity index is 3.20. The minimum absolute atomic E-state index is 0.265. The van der Waals surface area contributed by atoms with Gasteiger partial charge in [0.15, 0.2) is 0 Å². The van der Waals surface area contributed by atoms with Crippen molar-refractivity contribution in [2.45, 2.75) is 39.9 Å². The second-order valence-electron chi connectivity index (χ2n) is 4.71. The van der Waals surface area contributed by atoms with Crippen molar-refractivity contribution >= 4 is 0 Å². The normalized spacial score (nSPS) is 13.7. The molecule has 2 N–H and O–H groups in total. The van der Waals surface area contributed by atoms with Gasteiger partial charge in [-0.2, -0.15) is 0 Å². The van der Waals surface area contributed by atoms with Crippen LogP contribution in [0.2, 0.25) is 0 Å². The molecular weight excluding hydrogens is 206 g/mol. The molecule has 0 amide bonds. The molecule has 0 aromatic carbocycles. The summed E-state index contributed by atoms with van der Waals surface area (Å²) in [6.07, 6.45) is -0.168. The maximum atomic E-state index is 9.54. The summed E-state index contributed by atoms with van der Waals surface area (Å²) in [6, 6.07) is 0. The predicted molar refractivity (Wildman–Crippen MR) is 65.6 cm³/mol. The second kappa shape index (κ2) is 10.0. The van der Waals surface area contributed by atoms with E-state index in [1.807, 2.05) is 13.8 Å². The molecule has 0 aliphatic carbocycles. The summed E-state index contributed by atoms with van der Waals surface area (Å²) in [4.78, 5) is 0. The molecule has 0 aromatic heterocycles. The van der Waals surface area contributed by atoms with E-state index in [0.29, 0.717) is 32.3 Å². The van der Waals surface area contributed by atoms with Crippen LogP contribution < -0.4 is 5.32 Å². The molecule has 0 spiro atoms. The first-order valence-corrected chi connectivity index (χ1v) is 6.10. The third-order valence-corrected chi connectivity index (χ3v) is 1.87. The lowest BCUT2D eigenvalue weighted by molar-refractivity contribution is 0.0241. The molecule has 1 unspecified atom stereocenters. The van der Waals surface area contributed by atoms with Gasteiger partial charge in [-0.3, -0.25) is 0 Å². The monoisotopic (exact) mass is 233 g/mol. The van der Waals surface area contributed by atoms with Gasteiger partial charge in [-0.15, -0.1) is 0 Å². The van der Waals surface area contributed by atoms with Gasteiger partial charge in [-0.05, 0) is 19.8 Å². The van der Waals surface area contributed by atoms with Crippen LogP contribution in [0.4, 0.5) is 0 Å². The first kappa shape index (κ1) is 15.8. The Morgan fingerprint density at radius 1 is 1.12 bits per heavy atom. The molecule has 16 heavy (non-hydrogen) atoms.